The molecule has 1 heterocycles. The van der Waals surface area contributed by atoms with Crippen LogP contribution in [0, 0.1) is 0 Å². The van der Waals surface area contributed by atoms with Crippen LogP contribution in [0.3, 0.4) is 0 Å². The highest BCUT2D eigenvalue weighted by molar-refractivity contribution is 5.89. The third kappa shape index (κ3) is 4.67. The van der Waals surface area contributed by atoms with Crippen molar-refractivity contribution < 1.29 is 24.5 Å². The minimum Gasteiger partial charge on any atom is -0.462 e. The summed E-state index contributed by atoms with van der Waals surface area (Å²) in [4.78, 5) is 11.7. The van der Waals surface area contributed by atoms with Gasteiger partial charge in [0.25, 0.3) is 0 Å². The summed E-state index contributed by atoms with van der Waals surface area (Å²) in [6, 6.07) is 8.84. The van der Waals surface area contributed by atoms with E-state index in [1.807, 2.05) is 6.07 Å². The molecule has 2 N–H and O–H groups in total. The van der Waals surface area contributed by atoms with Gasteiger partial charge in [-0.05, 0) is 25.0 Å². The molecule has 0 saturated heterocycles. The van der Waals surface area contributed by atoms with Gasteiger partial charge >= 0.3 is 5.97 Å². The topological polar surface area (TPSA) is 76.0 Å². The zero-order valence-corrected chi connectivity index (χ0v) is 11.7. The fourth-order valence-corrected chi connectivity index (χ4v) is 2.13. The summed E-state index contributed by atoms with van der Waals surface area (Å²) < 4.78 is 10.7. The van der Waals surface area contributed by atoms with Crippen molar-refractivity contribution in [1.29, 1.82) is 0 Å². The van der Waals surface area contributed by atoms with Crippen LogP contribution in [0.2, 0.25) is 0 Å². The Balaban J connectivity index is 1.68. The second kappa shape index (κ2) is 7.93. The van der Waals surface area contributed by atoms with Gasteiger partial charge < -0.3 is 19.7 Å². The van der Waals surface area contributed by atoms with Crippen molar-refractivity contribution >= 4 is 5.97 Å². The van der Waals surface area contributed by atoms with Crippen LogP contribution >= 0.6 is 0 Å². The van der Waals surface area contributed by atoms with Crippen LogP contribution in [0.1, 0.15) is 23.2 Å². The SMILES string of the molecule is O=C(OCCC[C@@H]1C=C[C@H](O)[C@@H](CO)O1)c1ccccc1. The standard InChI is InChI=1S/C16H20O5/c17-11-15-14(18)9-8-13(21-15)7-4-10-20-16(19)12-5-2-1-3-6-12/h1-3,5-6,8-9,13-15,17-18H,4,7,10-11H2/t13-,14+,15-/m1/s1. The van der Waals surface area contributed by atoms with Crippen molar-refractivity contribution in [3.63, 3.8) is 0 Å². The Kier molecular flexibility index (Phi) is 5.92. The molecule has 0 spiro atoms. The normalized spacial score (nSPS) is 24.8. The summed E-state index contributed by atoms with van der Waals surface area (Å²) in [5.74, 6) is -0.334. The van der Waals surface area contributed by atoms with E-state index < -0.39 is 12.2 Å². The van der Waals surface area contributed by atoms with Crippen LogP contribution < -0.4 is 0 Å². The molecule has 0 bridgehead atoms. The smallest absolute Gasteiger partial charge is 0.338 e. The summed E-state index contributed by atoms with van der Waals surface area (Å²) in [6.07, 6.45) is 3.22. The average molecular weight is 292 g/mol. The molecule has 21 heavy (non-hydrogen) atoms. The predicted octanol–water partition coefficient (Wildman–Crippen LogP) is 1.30. The lowest BCUT2D eigenvalue weighted by molar-refractivity contribution is -0.0820. The molecule has 2 rings (SSSR count). The van der Waals surface area contributed by atoms with Crippen LogP contribution in [-0.2, 0) is 9.47 Å². The third-order valence-corrected chi connectivity index (χ3v) is 3.31. The Hall–Kier alpha value is -1.69. The molecule has 1 aromatic carbocycles. The first-order valence-electron chi connectivity index (χ1n) is 7.05. The van der Waals surface area contributed by atoms with Crippen molar-refractivity contribution in [1.82, 2.24) is 0 Å². The second-order valence-electron chi connectivity index (χ2n) is 4.92. The molecule has 0 unspecified atom stereocenters. The van der Waals surface area contributed by atoms with Crippen LogP contribution in [-0.4, -0.2) is 47.7 Å². The highest BCUT2D eigenvalue weighted by Gasteiger charge is 2.24. The van der Waals surface area contributed by atoms with Gasteiger partial charge in [-0.2, -0.15) is 0 Å². The molecule has 0 fully saturated rings. The van der Waals surface area contributed by atoms with E-state index in [2.05, 4.69) is 0 Å². The van der Waals surface area contributed by atoms with Gasteiger partial charge in [0.05, 0.1) is 24.9 Å². The number of carbonyl (C=O) groups is 1. The number of benzene rings is 1. The van der Waals surface area contributed by atoms with Crippen molar-refractivity contribution in [3.8, 4) is 0 Å². The van der Waals surface area contributed by atoms with Crippen LogP contribution in [0.25, 0.3) is 0 Å². The highest BCUT2D eigenvalue weighted by atomic mass is 16.5. The van der Waals surface area contributed by atoms with Crippen LogP contribution in [0.5, 0.6) is 0 Å². The van der Waals surface area contributed by atoms with E-state index in [1.54, 1.807) is 36.4 Å². The van der Waals surface area contributed by atoms with Gasteiger partial charge in [-0.25, -0.2) is 4.79 Å². The van der Waals surface area contributed by atoms with E-state index in [0.717, 1.165) is 0 Å². The molecule has 0 radical (unpaired) electrons. The van der Waals surface area contributed by atoms with E-state index in [-0.39, 0.29) is 18.7 Å². The van der Waals surface area contributed by atoms with Gasteiger partial charge in [0.15, 0.2) is 0 Å². The van der Waals surface area contributed by atoms with Crippen LogP contribution in [0.4, 0.5) is 0 Å². The lowest BCUT2D eigenvalue weighted by Crippen LogP contribution is -2.37. The van der Waals surface area contributed by atoms with E-state index >= 15 is 0 Å². The lowest BCUT2D eigenvalue weighted by Gasteiger charge is -2.28. The maximum atomic E-state index is 11.7. The number of esters is 1. The molecule has 1 aliphatic heterocycles. The molecule has 5 nitrogen and oxygen atoms in total. The van der Waals surface area contributed by atoms with E-state index in [0.29, 0.717) is 25.0 Å². The van der Waals surface area contributed by atoms with E-state index in [1.165, 1.54) is 0 Å². The van der Waals surface area contributed by atoms with Gasteiger partial charge in [-0.15, -0.1) is 0 Å². The summed E-state index contributed by atoms with van der Waals surface area (Å²) in [5.41, 5.74) is 0.537. The van der Waals surface area contributed by atoms with E-state index in [9.17, 15) is 9.90 Å². The molecule has 0 aliphatic carbocycles. The summed E-state index contributed by atoms with van der Waals surface area (Å²) in [6.45, 7) is 0.0960. The summed E-state index contributed by atoms with van der Waals surface area (Å²) in [7, 11) is 0. The average Bonchev–Trinajstić information content (AvgIpc) is 2.53. The van der Waals surface area contributed by atoms with Gasteiger partial charge in [0.2, 0.25) is 0 Å². The maximum Gasteiger partial charge on any atom is 0.338 e. The van der Waals surface area contributed by atoms with Crippen molar-refractivity contribution in [3.05, 3.63) is 48.0 Å². The lowest BCUT2D eigenvalue weighted by atomic mass is 10.1. The predicted molar refractivity (Wildman–Crippen MR) is 76.9 cm³/mol. The summed E-state index contributed by atoms with van der Waals surface area (Å²) >= 11 is 0. The molecule has 1 aromatic rings. The van der Waals surface area contributed by atoms with Gasteiger partial charge in [0, 0.05) is 0 Å². The summed E-state index contributed by atoms with van der Waals surface area (Å²) in [5, 5.41) is 18.6. The molecule has 0 amide bonds. The van der Waals surface area contributed by atoms with Crippen LogP contribution in [0.15, 0.2) is 42.5 Å². The molecular weight excluding hydrogens is 272 g/mol. The fourth-order valence-electron chi connectivity index (χ4n) is 2.13. The monoisotopic (exact) mass is 292 g/mol. The number of aliphatic hydroxyl groups is 2. The molecule has 114 valence electrons. The first kappa shape index (κ1) is 15.7. The Bertz CT molecular complexity index is 471. The first-order chi connectivity index (χ1) is 10.2. The number of ether oxygens (including phenoxy) is 2. The second-order valence-corrected chi connectivity index (χ2v) is 4.92. The number of hydrogen-bond donors (Lipinski definition) is 2. The Morgan fingerprint density at radius 1 is 1.24 bits per heavy atom. The van der Waals surface area contributed by atoms with Gasteiger partial charge in [-0.3, -0.25) is 0 Å². The maximum absolute atomic E-state index is 11.7. The van der Waals surface area contributed by atoms with Crippen molar-refractivity contribution in [2.75, 3.05) is 13.2 Å². The molecule has 5 heteroatoms. The minimum absolute atomic E-state index is 0.166. The number of hydrogen-bond acceptors (Lipinski definition) is 5. The largest absolute Gasteiger partial charge is 0.462 e. The van der Waals surface area contributed by atoms with Gasteiger partial charge in [-0.1, -0.05) is 30.4 Å². The van der Waals surface area contributed by atoms with E-state index in [4.69, 9.17) is 14.6 Å². The molecule has 1 aliphatic rings. The molecule has 0 saturated carbocycles. The molecule has 3 atom stereocenters. The Labute approximate surface area is 123 Å². The van der Waals surface area contributed by atoms with Crippen molar-refractivity contribution in [2.45, 2.75) is 31.2 Å². The number of carbonyl (C=O) groups excluding carboxylic acids is 1. The van der Waals surface area contributed by atoms with Gasteiger partial charge in [0.1, 0.15) is 12.2 Å². The quantitative estimate of drug-likeness (QED) is 0.469. The molecular formula is C16H20O5. The highest BCUT2D eigenvalue weighted by Crippen LogP contribution is 2.16. The first-order valence-corrected chi connectivity index (χ1v) is 7.05. The minimum atomic E-state index is -0.762. The van der Waals surface area contributed by atoms with Crippen molar-refractivity contribution in [2.24, 2.45) is 0 Å². The molecule has 0 aromatic heterocycles. The Morgan fingerprint density at radius 3 is 2.71 bits per heavy atom. The zero-order chi connectivity index (χ0) is 15.1. The third-order valence-electron chi connectivity index (χ3n) is 3.31. The number of aliphatic hydroxyl groups excluding tert-OH is 2. The zero-order valence-electron chi connectivity index (χ0n) is 11.7. The Morgan fingerprint density at radius 2 is 2.00 bits per heavy atom. The number of rotatable bonds is 6. The fraction of sp³-hybridized carbons (Fsp3) is 0.438.